The number of ether oxygens (including phenoxy) is 1. The molecule has 2 aliphatic heterocycles. The van der Waals surface area contributed by atoms with E-state index in [0.29, 0.717) is 37.3 Å². The molecule has 7 rings (SSSR count). The Morgan fingerprint density at radius 2 is 1.90 bits per heavy atom. The number of nitrogens with one attached hydrogen (secondary N) is 3. The molecule has 4 aliphatic rings. The number of carbonyl (C=O) groups is 3. The smallest absolute Gasteiger partial charge is 0.259 e. The van der Waals surface area contributed by atoms with Gasteiger partial charge in [0.05, 0.1) is 11.3 Å². The van der Waals surface area contributed by atoms with Crippen LogP contribution in [0.25, 0.3) is 10.8 Å². The summed E-state index contributed by atoms with van der Waals surface area (Å²) in [5.74, 6) is -2.17. The molecule has 2 saturated carbocycles. The highest BCUT2D eigenvalue weighted by Gasteiger charge is 2.63. The van der Waals surface area contributed by atoms with Gasteiger partial charge >= 0.3 is 0 Å². The Bertz CT molecular complexity index is 1950. The number of fused-ring (bicyclic) bond motifs is 3. The van der Waals surface area contributed by atoms with Crippen molar-refractivity contribution < 1.29 is 31.9 Å². The number of hydrogen-bond acceptors (Lipinski definition) is 8. The van der Waals surface area contributed by atoms with Crippen LogP contribution in [0.1, 0.15) is 64.7 Å². The van der Waals surface area contributed by atoms with E-state index in [9.17, 15) is 27.2 Å². The maximum Gasteiger partial charge on any atom is 0.259 e. The number of carbonyl (C=O) groups excluding carboxylic acids is 3. The van der Waals surface area contributed by atoms with Crippen LogP contribution < -0.4 is 20.1 Å². The minimum absolute atomic E-state index is 0.0679. The average molecular weight is 704 g/mol. The topological polar surface area (TPSA) is 147 Å². The van der Waals surface area contributed by atoms with Crippen molar-refractivity contribution >= 4 is 44.2 Å². The molecule has 3 N–H and O–H groups in total. The van der Waals surface area contributed by atoms with E-state index in [0.717, 1.165) is 30.0 Å². The Morgan fingerprint density at radius 3 is 2.70 bits per heavy atom. The Kier molecular flexibility index (Phi) is 9.04. The summed E-state index contributed by atoms with van der Waals surface area (Å²) in [6.45, 7) is 1.67. The normalized spacial score (nSPS) is 28.6. The summed E-state index contributed by atoms with van der Waals surface area (Å²) in [5.41, 5.74) is -1.03. The number of allylic oxidation sites excluding steroid dienone is 1. The zero-order valence-electron chi connectivity index (χ0n) is 27.9. The van der Waals surface area contributed by atoms with Gasteiger partial charge in [0.1, 0.15) is 29.5 Å². The highest BCUT2D eigenvalue weighted by Crippen LogP contribution is 2.47. The lowest BCUT2D eigenvalue weighted by atomic mass is 10.0. The van der Waals surface area contributed by atoms with E-state index in [-0.39, 0.29) is 25.3 Å². The molecule has 0 unspecified atom stereocenters. The molecule has 3 heterocycles. The summed E-state index contributed by atoms with van der Waals surface area (Å²) in [6, 6.07) is 13.6. The van der Waals surface area contributed by atoms with Gasteiger partial charge in [-0.15, -0.1) is 0 Å². The van der Waals surface area contributed by atoms with E-state index in [4.69, 9.17) is 4.74 Å². The van der Waals surface area contributed by atoms with Crippen molar-refractivity contribution in [3.63, 3.8) is 0 Å². The fraction of sp³-hybridized carbons (Fsp3) is 0.459. The quantitative estimate of drug-likeness (QED) is 0.303. The van der Waals surface area contributed by atoms with Crippen molar-refractivity contribution in [2.24, 2.45) is 5.92 Å². The van der Waals surface area contributed by atoms with E-state index in [1.54, 1.807) is 25.3 Å². The van der Waals surface area contributed by atoms with Gasteiger partial charge in [-0.1, -0.05) is 49.3 Å². The third-order valence-corrected chi connectivity index (χ3v) is 12.7. The first-order valence-corrected chi connectivity index (χ1v) is 18.8. The van der Waals surface area contributed by atoms with Crippen molar-refractivity contribution in [3.05, 3.63) is 78.8 Å². The van der Waals surface area contributed by atoms with Crippen molar-refractivity contribution in [3.8, 4) is 5.88 Å². The summed E-state index contributed by atoms with van der Waals surface area (Å²) in [5, 5.41) is 7.83. The van der Waals surface area contributed by atoms with Crippen LogP contribution in [0.3, 0.4) is 0 Å². The zero-order valence-corrected chi connectivity index (χ0v) is 28.8. The number of aromatic nitrogens is 1. The molecule has 3 aromatic rings. The number of sulfonamides is 1. The van der Waals surface area contributed by atoms with Gasteiger partial charge in [-0.3, -0.25) is 19.1 Å². The second-order valence-electron chi connectivity index (χ2n) is 14.2. The summed E-state index contributed by atoms with van der Waals surface area (Å²) >= 11 is 0. The maximum absolute atomic E-state index is 14.5. The average Bonchev–Trinajstić information content (AvgIpc) is 3.97. The Hall–Kier alpha value is -4.52. The Balaban J connectivity index is 1.20. The molecule has 3 amide bonds. The largest absolute Gasteiger partial charge is 0.472 e. The van der Waals surface area contributed by atoms with Gasteiger partial charge < -0.3 is 20.3 Å². The highest BCUT2D eigenvalue weighted by atomic mass is 32.2. The van der Waals surface area contributed by atoms with Gasteiger partial charge in [0, 0.05) is 29.6 Å². The van der Waals surface area contributed by atoms with Crippen LogP contribution in [0.15, 0.2) is 72.9 Å². The predicted octanol–water partition coefficient (Wildman–Crippen LogP) is 4.60. The molecule has 264 valence electrons. The van der Waals surface area contributed by atoms with Gasteiger partial charge in [-0.05, 0) is 81.2 Å². The number of anilines is 1. The standard InChI is InChI=1S/C37H42FN5O6S/c1-36(17-18-36)50(47,48)42-35(46)37-22-25(37)11-5-3-2-4-6-15-30(40-27-13-9-12-26(38)20-27)34(45)43-23-28(21-31(43)32(44)41-37)49-33-29-14-8-7-10-24(29)16-19-39-33/h5,7-14,16,19-20,25,28,30-31,40H,2-4,6,15,17-18,21-23H2,1H3,(H,41,44)(H,42,46)/b11-5-/t25-,28-,30+,31+,37-/m1/s1. The van der Waals surface area contributed by atoms with Crippen molar-refractivity contribution in [2.75, 3.05) is 11.9 Å². The van der Waals surface area contributed by atoms with Crippen LogP contribution in [-0.4, -0.2) is 71.0 Å². The number of nitrogens with zero attached hydrogens (tertiary/aromatic N) is 2. The number of pyridine rings is 1. The van der Waals surface area contributed by atoms with Gasteiger partial charge in [-0.25, -0.2) is 17.8 Å². The number of rotatable bonds is 7. The molecule has 1 saturated heterocycles. The molecule has 0 radical (unpaired) electrons. The molecule has 3 fully saturated rings. The second-order valence-corrected chi connectivity index (χ2v) is 16.4. The van der Waals surface area contributed by atoms with Crippen LogP contribution in [-0.2, 0) is 24.4 Å². The van der Waals surface area contributed by atoms with Gasteiger partial charge in [0.2, 0.25) is 27.7 Å². The van der Waals surface area contributed by atoms with Gasteiger partial charge in [0.25, 0.3) is 5.91 Å². The van der Waals surface area contributed by atoms with Crippen molar-refractivity contribution in [1.82, 2.24) is 19.9 Å². The molecule has 1 aromatic heterocycles. The minimum atomic E-state index is -3.96. The van der Waals surface area contributed by atoms with E-state index in [1.165, 1.54) is 17.0 Å². The molecule has 11 nitrogen and oxygen atoms in total. The number of hydrogen-bond donors (Lipinski definition) is 3. The van der Waals surface area contributed by atoms with Crippen molar-refractivity contribution in [2.45, 2.75) is 93.2 Å². The SMILES string of the molecule is CC1(S(=O)(=O)NC(=O)[C@@]23C[C@H]2/C=C\CCCCC[C@H](Nc2cccc(F)c2)C(=O)N2C[C@H](Oc4nccc5ccccc45)C[C@H]2C(=O)N3)CC1. The third kappa shape index (κ3) is 6.79. The maximum atomic E-state index is 14.5. The van der Waals surface area contributed by atoms with E-state index in [2.05, 4.69) is 20.3 Å². The number of halogens is 1. The van der Waals surface area contributed by atoms with Crippen LogP contribution >= 0.6 is 0 Å². The summed E-state index contributed by atoms with van der Waals surface area (Å²) in [6.07, 6.45) is 9.69. The molecular formula is C37H42FN5O6S. The first kappa shape index (κ1) is 34.0. The van der Waals surface area contributed by atoms with E-state index < -0.39 is 62.0 Å². The Labute approximate surface area is 291 Å². The molecule has 0 bridgehead atoms. The summed E-state index contributed by atoms with van der Waals surface area (Å²) in [7, 11) is -3.96. The van der Waals surface area contributed by atoms with E-state index >= 15 is 0 Å². The molecule has 2 aromatic carbocycles. The molecule has 5 atom stereocenters. The summed E-state index contributed by atoms with van der Waals surface area (Å²) < 4.78 is 48.0. The zero-order chi connectivity index (χ0) is 35.1. The van der Waals surface area contributed by atoms with Crippen LogP contribution in [0.4, 0.5) is 10.1 Å². The lowest BCUT2D eigenvalue weighted by molar-refractivity contribution is -0.140. The number of amides is 3. The molecule has 0 spiro atoms. The van der Waals surface area contributed by atoms with Crippen LogP contribution in [0.5, 0.6) is 5.88 Å². The first-order chi connectivity index (χ1) is 24.0. The predicted molar refractivity (Wildman–Crippen MR) is 186 cm³/mol. The lowest BCUT2D eigenvalue weighted by Gasteiger charge is -2.30. The molecule has 50 heavy (non-hydrogen) atoms. The van der Waals surface area contributed by atoms with E-state index in [1.807, 2.05) is 42.5 Å². The lowest BCUT2D eigenvalue weighted by Crippen LogP contribution is -2.58. The van der Waals surface area contributed by atoms with Crippen LogP contribution in [0, 0.1) is 11.7 Å². The second kappa shape index (κ2) is 13.3. The summed E-state index contributed by atoms with van der Waals surface area (Å²) in [4.78, 5) is 48.5. The van der Waals surface area contributed by atoms with Crippen LogP contribution in [0.2, 0.25) is 0 Å². The third-order valence-electron chi connectivity index (χ3n) is 10.6. The monoisotopic (exact) mass is 703 g/mol. The first-order valence-electron chi connectivity index (χ1n) is 17.4. The molecule has 2 aliphatic carbocycles. The Morgan fingerprint density at radius 1 is 1.08 bits per heavy atom. The van der Waals surface area contributed by atoms with Gasteiger partial charge in [-0.2, -0.15) is 0 Å². The molecule has 13 heteroatoms. The fourth-order valence-electron chi connectivity index (χ4n) is 7.07. The van der Waals surface area contributed by atoms with Crippen molar-refractivity contribution in [1.29, 1.82) is 0 Å². The van der Waals surface area contributed by atoms with Gasteiger partial charge in [0.15, 0.2) is 0 Å². The minimum Gasteiger partial charge on any atom is -0.472 e. The fourth-order valence-corrected chi connectivity index (χ4v) is 8.38. The number of benzene rings is 2. The highest BCUT2D eigenvalue weighted by molar-refractivity contribution is 7.91. The molecular weight excluding hydrogens is 662 g/mol.